The third-order valence-corrected chi connectivity index (χ3v) is 2.89. The molecule has 1 rings (SSSR count). The molecule has 0 spiro atoms. The van der Waals surface area contributed by atoms with E-state index in [0.717, 1.165) is 30.2 Å². The molecule has 4 nitrogen and oxygen atoms in total. The molecule has 1 aromatic rings. The number of para-hydroxylation sites is 1. The maximum Gasteiger partial charge on any atom is 0.165 e. The summed E-state index contributed by atoms with van der Waals surface area (Å²) in [6.45, 7) is 10.3. The topological polar surface area (TPSA) is 50.7 Å². The zero-order valence-electron chi connectivity index (χ0n) is 13.0. The van der Waals surface area contributed by atoms with E-state index in [-0.39, 0.29) is 0 Å². The third kappa shape index (κ3) is 5.80. The highest BCUT2D eigenvalue weighted by Gasteiger charge is 2.15. The Morgan fingerprint density at radius 2 is 1.95 bits per heavy atom. The van der Waals surface area contributed by atoms with Gasteiger partial charge in [0.05, 0.1) is 18.8 Å². The molecule has 0 heterocycles. The van der Waals surface area contributed by atoms with Gasteiger partial charge in [-0.15, -0.1) is 0 Å². The van der Waals surface area contributed by atoms with Crippen LogP contribution in [0.2, 0.25) is 0 Å². The van der Waals surface area contributed by atoms with Gasteiger partial charge in [0.2, 0.25) is 0 Å². The summed E-state index contributed by atoms with van der Waals surface area (Å²) in [5.74, 6) is 1.54. The molecule has 0 atom stereocenters. The quantitative estimate of drug-likeness (QED) is 0.731. The Morgan fingerprint density at radius 3 is 2.55 bits per heavy atom. The molecule has 2 N–H and O–H groups in total. The Kier molecular flexibility index (Phi) is 6.82. The summed E-state index contributed by atoms with van der Waals surface area (Å²) in [5.41, 5.74) is 0.358. The minimum Gasteiger partial charge on any atom is -0.490 e. The van der Waals surface area contributed by atoms with Gasteiger partial charge in [0.25, 0.3) is 0 Å². The lowest BCUT2D eigenvalue weighted by Crippen LogP contribution is -2.22. The average molecular weight is 281 g/mol. The molecule has 1 aromatic carbocycles. The van der Waals surface area contributed by atoms with E-state index in [0.29, 0.717) is 19.6 Å². The standard InChI is InChI=1S/C16H27NO3/c1-5-17-12-13-8-7-9-14(19-6-2)15(13)20-11-10-16(3,4)18/h7-9,17-18H,5-6,10-12H2,1-4H3. The molecule has 20 heavy (non-hydrogen) atoms. The molecule has 0 radical (unpaired) electrons. The molecular weight excluding hydrogens is 254 g/mol. The van der Waals surface area contributed by atoms with Gasteiger partial charge in [-0.3, -0.25) is 0 Å². The van der Waals surface area contributed by atoms with E-state index in [1.165, 1.54) is 0 Å². The van der Waals surface area contributed by atoms with Crippen molar-refractivity contribution in [2.75, 3.05) is 19.8 Å². The Hall–Kier alpha value is -1.26. The monoisotopic (exact) mass is 281 g/mol. The van der Waals surface area contributed by atoms with Crippen molar-refractivity contribution in [1.82, 2.24) is 5.32 Å². The molecule has 0 amide bonds. The lowest BCUT2D eigenvalue weighted by Gasteiger charge is -2.20. The van der Waals surface area contributed by atoms with Crippen molar-refractivity contribution >= 4 is 0 Å². The van der Waals surface area contributed by atoms with Crippen LogP contribution in [-0.4, -0.2) is 30.5 Å². The van der Waals surface area contributed by atoms with E-state index >= 15 is 0 Å². The van der Waals surface area contributed by atoms with Crippen molar-refractivity contribution in [3.63, 3.8) is 0 Å². The van der Waals surface area contributed by atoms with Gasteiger partial charge >= 0.3 is 0 Å². The lowest BCUT2D eigenvalue weighted by atomic mass is 10.1. The van der Waals surface area contributed by atoms with Gasteiger partial charge in [-0.05, 0) is 33.4 Å². The maximum absolute atomic E-state index is 9.76. The average Bonchev–Trinajstić information content (AvgIpc) is 2.37. The second kappa shape index (κ2) is 8.12. The van der Waals surface area contributed by atoms with E-state index in [1.54, 1.807) is 13.8 Å². The number of benzene rings is 1. The maximum atomic E-state index is 9.76. The van der Waals surface area contributed by atoms with E-state index in [2.05, 4.69) is 12.2 Å². The van der Waals surface area contributed by atoms with Crippen LogP contribution in [0.3, 0.4) is 0 Å². The second-order valence-corrected chi connectivity index (χ2v) is 5.37. The van der Waals surface area contributed by atoms with Crippen LogP contribution in [0.1, 0.15) is 39.7 Å². The Balaban J connectivity index is 2.81. The summed E-state index contributed by atoms with van der Waals surface area (Å²) in [5, 5.41) is 13.1. The fourth-order valence-corrected chi connectivity index (χ4v) is 1.80. The number of ether oxygens (including phenoxy) is 2. The number of nitrogens with one attached hydrogen (secondary N) is 1. The third-order valence-electron chi connectivity index (χ3n) is 2.89. The van der Waals surface area contributed by atoms with Gasteiger partial charge < -0.3 is 19.9 Å². The smallest absolute Gasteiger partial charge is 0.165 e. The molecule has 0 fully saturated rings. The van der Waals surface area contributed by atoms with Crippen molar-refractivity contribution in [2.24, 2.45) is 0 Å². The SMILES string of the molecule is CCNCc1cccc(OCC)c1OCCC(C)(C)O. The van der Waals surface area contributed by atoms with E-state index in [9.17, 15) is 5.11 Å². The molecule has 0 saturated heterocycles. The number of aliphatic hydroxyl groups is 1. The molecule has 4 heteroatoms. The van der Waals surface area contributed by atoms with Crippen molar-refractivity contribution < 1.29 is 14.6 Å². The molecular formula is C16H27NO3. The van der Waals surface area contributed by atoms with Crippen LogP contribution in [0.15, 0.2) is 18.2 Å². The Labute approximate surface area is 122 Å². The first-order valence-corrected chi connectivity index (χ1v) is 7.28. The minimum atomic E-state index is -0.720. The molecule has 0 aromatic heterocycles. The molecule has 0 unspecified atom stereocenters. The van der Waals surface area contributed by atoms with Gasteiger partial charge in [-0.25, -0.2) is 0 Å². The van der Waals surface area contributed by atoms with Crippen LogP contribution in [0.25, 0.3) is 0 Å². The summed E-state index contributed by atoms with van der Waals surface area (Å²) in [6.07, 6.45) is 0.577. The van der Waals surface area contributed by atoms with Gasteiger partial charge in [0, 0.05) is 18.5 Å². The van der Waals surface area contributed by atoms with Crippen LogP contribution in [0.5, 0.6) is 11.5 Å². The summed E-state index contributed by atoms with van der Waals surface area (Å²) >= 11 is 0. The van der Waals surface area contributed by atoms with Crippen LogP contribution in [0.4, 0.5) is 0 Å². The first-order valence-electron chi connectivity index (χ1n) is 7.28. The van der Waals surface area contributed by atoms with Crippen LogP contribution < -0.4 is 14.8 Å². The Morgan fingerprint density at radius 1 is 1.20 bits per heavy atom. The number of rotatable bonds is 9. The normalized spacial score (nSPS) is 11.4. The molecule has 0 aliphatic heterocycles. The second-order valence-electron chi connectivity index (χ2n) is 5.37. The summed E-state index contributed by atoms with van der Waals surface area (Å²) in [6, 6.07) is 5.92. The highest BCUT2D eigenvalue weighted by atomic mass is 16.5. The van der Waals surface area contributed by atoms with Gasteiger partial charge in [-0.2, -0.15) is 0 Å². The van der Waals surface area contributed by atoms with E-state index < -0.39 is 5.60 Å². The first kappa shape index (κ1) is 16.8. The molecule has 114 valence electrons. The molecule has 0 aliphatic rings. The highest BCUT2D eigenvalue weighted by molar-refractivity contribution is 5.46. The molecule has 0 aliphatic carbocycles. The largest absolute Gasteiger partial charge is 0.490 e. The van der Waals surface area contributed by atoms with Gasteiger partial charge in [0.1, 0.15) is 0 Å². The fourth-order valence-electron chi connectivity index (χ4n) is 1.80. The predicted octanol–water partition coefficient (Wildman–Crippen LogP) is 2.73. The minimum absolute atomic E-state index is 0.465. The van der Waals surface area contributed by atoms with Crippen molar-refractivity contribution in [3.8, 4) is 11.5 Å². The van der Waals surface area contributed by atoms with Gasteiger partial charge in [-0.1, -0.05) is 19.1 Å². The first-order chi connectivity index (χ1) is 9.48. The highest BCUT2D eigenvalue weighted by Crippen LogP contribution is 2.31. The van der Waals surface area contributed by atoms with Crippen molar-refractivity contribution in [2.45, 2.75) is 46.3 Å². The van der Waals surface area contributed by atoms with Crippen LogP contribution in [-0.2, 0) is 6.54 Å². The fraction of sp³-hybridized carbons (Fsp3) is 0.625. The van der Waals surface area contributed by atoms with E-state index in [4.69, 9.17) is 9.47 Å². The zero-order valence-corrected chi connectivity index (χ0v) is 13.0. The van der Waals surface area contributed by atoms with Crippen molar-refractivity contribution in [1.29, 1.82) is 0 Å². The number of hydrogen-bond acceptors (Lipinski definition) is 4. The summed E-state index contributed by atoms with van der Waals surface area (Å²) in [4.78, 5) is 0. The molecule has 0 saturated carbocycles. The van der Waals surface area contributed by atoms with E-state index in [1.807, 2.05) is 25.1 Å². The van der Waals surface area contributed by atoms with Crippen LogP contribution >= 0.6 is 0 Å². The number of hydrogen-bond donors (Lipinski definition) is 2. The lowest BCUT2D eigenvalue weighted by molar-refractivity contribution is 0.0546. The predicted molar refractivity (Wildman–Crippen MR) is 81.4 cm³/mol. The zero-order chi connectivity index (χ0) is 15.0. The van der Waals surface area contributed by atoms with Gasteiger partial charge in [0.15, 0.2) is 11.5 Å². The molecule has 0 bridgehead atoms. The summed E-state index contributed by atoms with van der Waals surface area (Å²) in [7, 11) is 0. The summed E-state index contributed by atoms with van der Waals surface area (Å²) < 4.78 is 11.5. The Bertz CT molecular complexity index is 399. The van der Waals surface area contributed by atoms with Crippen LogP contribution in [0, 0.1) is 0 Å². The van der Waals surface area contributed by atoms with Crippen molar-refractivity contribution in [3.05, 3.63) is 23.8 Å².